The third kappa shape index (κ3) is 3.21. The van der Waals surface area contributed by atoms with Crippen LogP contribution in [0.15, 0.2) is 54.6 Å². The maximum absolute atomic E-state index is 6.56. The van der Waals surface area contributed by atoms with Crippen molar-refractivity contribution in [2.45, 2.75) is 0 Å². The van der Waals surface area contributed by atoms with Crippen molar-refractivity contribution < 1.29 is 9.47 Å². The molecule has 0 bridgehead atoms. The van der Waals surface area contributed by atoms with Gasteiger partial charge in [0.1, 0.15) is 11.6 Å². The number of hydrogen-bond acceptors (Lipinski definition) is 7. The van der Waals surface area contributed by atoms with E-state index in [4.69, 9.17) is 30.3 Å². The topological polar surface area (TPSA) is 91.3 Å². The first-order chi connectivity index (χ1) is 14.7. The van der Waals surface area contributed by atoms with Crippen LogP contribution in [0.2, 0.25) is 0 Å². The van der Waals surface area contributed by atoms with Crippen LogP contribution in [0.4, 0.5) is 11.8 Å². The van der Waals surface area contributed by atoms with Crippen molar-refractivity contribution >= 4 is 22.8 Å². The summed E-state index contributed by atoms with van der Waals surface area (Å²) in [5.74, 6) is 1.92. The largest absolute Gasteiger partial charge is 0.497 e. The Balaban J connectivity index is 1.70. The van der Waals surface area contributed by atoms with Crippen LogP contribution in [0.5, 0.6) is 5.75 Å². The number of anilines is 2. The molecule has 0 aliphatic carbocycles. The number of methoxy groups -OCH3 is 1. The van der Waals surface area contributed by atoms with Gasteiger partial charge in [-0.25, -0.2) is 9.67 Å². The van der Waals surface area contributed by atoms with Gasteiger partial charge in [0.25, 0.3) is 0 Å². The maximum Gasteiger partial charge on any atom is 0.228 e. The van der Waals surface area contributed by atoms with Crippen LogP contribution in [0.1, 0.15) is 0 Å². The fraction of sp³-hybridized carbons (Fsp3) is 0.227. The summed E-state index contributed by atoms with van der Waals surface area (Å²) in [6.07, 6.45) is 0. The lowest BCUT2D eigenvalue weighted by Gasteiger charge is -2.27. The van der Waals surface area contributed by atoms with Gasteiger partial charge in [-0.15, -0.1) is 5.10 Å². The number of rotatable bonds is 4. The van der Waals surface area contributed by atoms with Crippen molar-refractivity contribution in [1.29, 1.82) is 0 Å². The Bertz CT molecular complexity index is 1170. The zero-order valence-corrected chi connectivity index (χ0v) is 16.7. The molecule has 0 saturated carbocycles. The van der Waals surface area contributed by atoms with E-state index in [2.05, 4.69) is 4.90 Å². The fourth-order valence-corrected chi connectivity index (χ4v) is 3.63. The van der Waals surface area contributed by atoms with Crippen molar-refractivity contribution in [2.75, 3.05) is 44.0 Å². The lowest BCUT2D eigenvalue weighted by atomic mass is 10.1. The highest BCUT2D eigenvalue weighted by atomic mass is 16.5. The molecule has 1 saturated heterocycles. The number of benzene rings is 2. The van der Waals surface area contributed by atoms with E-state index in [1.54, 1.807) is 11.8 Å². The molecule has 8 heteroatoms. The van der Waals surface area contributed by atoms with Gasteiger partial charge in [-0.2, -0.15) is 4.98 Å². The summed E-state index contributed by atoms with van der Waals surface area (Å²) in [6, 6.07) is 17.6. The summed E-state index contributed by atoms with van der Waals surface area (Å²) in [4.78, 5) is 11.8. The molecule has 0 radical (unpaired) electrons. The number of nitrogen functional groups attached to an aromatic ring is 1. The Hall–Kier alpha value is -3.65. The predicted octanol–water partition coefficient (Wildman–Crippen LogP) is 2.91. The quantitative estimate of drug-likeness (QED) is 0.561. The lowest BCUT2D eigenvalue weighted by molar-refractivity contribution is 0.122. The summed E-state index contributed by atoms with van der Waals surface area (Å²) < 4.78 is 12.4. The molecule has 0 amide bonds. The zero-order chi connectivity index (χ0) is 20.5. The number of morpholine rings is 1. The Morgan fingerprint density at radius 2 is 1.70 bits per heavy atom. The summed E-state index contributed by atoms with van der Waals surface area (Å²) in [6.45, 7) is 2.80. The van der Waals surface area contributed by atoms with Gasteiger partial charge < -0.3 is 20.1 Å². The van der Waals surface area contributed by atoms with Crippen molar-refractivity contribution in [2.24, 2.45) is 0 Å². The molecule has 1 aliphatic rings. The Morgan fingerprint density at radius 1 is 0.967 bits per heavy atom. The van der Waals surface area contributed by atoms with Crippen LogP contribution in [-0.2, 0) is 4.74 Å². The second kappa shape index (κ2) is 7.64. The van der Waals surface area contributed by atoms with E-state index in [-0.39, 0.29) is 0 Å². The highest BCUT2D eigenvalue weighted by Crippen LogP contribution is 2.33. The van der Waals surface area contributed by atoms with Crippen molar-refractivity contribution in [1.82, 2.24) is 19.7 Å². The summed E-state index contributed by atoms with van der Waals surface area (Å²) in [7, 11) is 1.64. The molecule has 0 unspecified atom stereocenters. The number of nitrogens with zero attached hydrogens (tertiary/aromatic N) is 5. The third-order valence-electron chi connectivity index (χ3n) is 5.22. The molecule has 2 aromatic heterocycles. The Labute approximate surface area is 173 Å². The van der Waals surface area contributed by atoms with Crippen LogP contribution < -0.4 is 15.4 Å². The lowest BCUT2D eigenvalue weighted by Crippen LogP contribution is -2.37. The van der Waals surface area contributed by atoms with Crippen LogP contribution in [-0.4, -0.2) is 53.2 Å². The van der Waals surface area contributed by atoms with Crippen LogP contribution in [0.3, 0.4) is 0 Å². The number of aromatic nitrogens is 4. The minimum absolute atomic E-state index is 0.502. The third-order valence-corrected chi connectivity index (χ3v) is 5.22. The summed E-state index contributed by atoms with van der Waals surface area (Å²) in [5, 5.41) is 5.47. The molecule has 1 aliphatic heterocycles. The van der Waals surface area contributed by atoms with Gasteiger partial charge in [0, 0.05) is 18.7 Å². The van der Waals surface area contributed by atoms with Gasteiger partial charge in [-0.3, -0.25) is 0 Å². The number of hydrogen-bond donors (Lipinski definition) is 1. The predicted molar refractivity (Wildman–Crippen MR) is 116 cm³/mol. The van der Waals surface area contributed by atoms with Gasteiger partial charge in [-0.1, -0.05) is 30.3 Å². The first-order valence-electron chi connectivity index (χ1n) is 9.83. The number of nitrogens with two attached hydrogens (primary N) is 1. The van der Waals surface area contributed by atoms with Crippen molar-refractivity contribution in [3.8, 4) is 22.7 Å². The summed E-state index contributed by atoms with van der Waals surface area (Å²) >= 11 is 0. The van der Waals surface area contributed by atoms with Crippen molar-refractivity contribution in [3.63, 3.8) is 0 Å². The SMILES string of the molecule is COc1ccc(-n2nc3nc(N4CCOCC4)nc(-c4ccccc4)c3c2N)cc1. The molecule has 3 heterocycles. The highest BCUT2D eigenvalue weighted by molar-refractivity contribution is 5.99. The van der Waals surface area contributed by atoms with E-state index in [9.17, 15) is 0 Å². The highest BCUT2D eigenvalue weighted by Gasteiger charge is 2.22. The molecule has 30 heavy (non-hydrogen) atoms. The molecule has 0 spiro atoms. The number of fused-ring (bicyclic) bond motifs is 1. The molecule has 2 aromatic carbocycles. The first-order valence-corrected chi connectivity index (χ1v) is 9.83. The van der Waals surface area contributed by atoms with Gasteiger partial charge in [0.05, 0.1) is 37.1 Å². The van der Waals surface area contributed by atoms with Crippen LogP contribution in [0.25, 0.3) is 28.0 Å². The summed E-state index contributed by atoms with van der Waals surface area (Å²) in [5.41, 5.74) is 9.71. The molecular formula is C22H22N6O2. The van der Waals surface area contributed by atoms with Crippen LogP contribution in [0, 0.1) is 0 Å². The zero-order valence-electron chi connectivity index (χ0n) is 16.7. The molecule has 2 N–H and O–H groups in total. The van der Waals surface area contributed by atoms with Crippen molar-refractivity contribution in [3.05, 3.63) is 54.6 Å². The first kappa shape index (κ1) is 18.4. The van der Waals surface area contributed by atoms with E-state index in [0.29, 0.717) is 30.6 Å². The molecule has 8 nitrogen and oxygen atoms in total. The van der Waals surface area contributed by atoms with Gasteiger partial charge >= 0.3 is 0 Å². The minimum Gasteiger partial charge on any atom is -0.497 e. The molecule has 5 rings (SSSR count). The van der Waals surface area contributed by atoms with Gasteiger partial charge in [-0.05, 0) is 24.3 Å². The van der Waals surface area contributed by atoms with E-state index in [1.165, 1.54) is 0 Å². The van der Waals surface area contributed by atoms with E-state index >= 15 is 0 Å². The average molecular weight is 402 g/mol. The second-order valence-corrected chi connectivity index (χ2v) is 7.03. The Morgan fingerprint density at radius 3 is 2.40 bits per heavy atom. The molecular weight excluding hydrogens is 380 g/mol. The molecule has 152 valence electrons. The van der Waals surface area contributed by atoms with Gasteiger partial charge in [0.15, 0.2) is 5.65 Å². The second-order valence-electron chi connectivity index (χ2n) is 7.03. The fourth-order valence-electron chi connectivity index (χ4n) is 3.63. The normalized spacial score (nSPS) is 14.2. The standard InChI is InChI=1S/C22H22N6O2/c1-29-17-9-7-16(8-10-17)28-20(23)18-19(15-5-3-2-4-6-15)24-22(25-21(18)26-28)27-11-13-30-14-12-27/h2-10H,11-14,23H2,1H3. The van der Waals surface area contributed by atoms with E-state index in [0.717, 1.165) is 41.2 Å². The Kier molecular flexibility index (Phi) is 4.68. The number of ether oxygens (including phenoxy) is 2. The molecule has 0 atom stereocenters. The molecule has 4 aromatic rings. The van der Waals surface area contributed by atoms with E-state index in [1.807, 2.05) is 54.6 Å². The average Bonchev–Trinajstić information content (AvgIpc) is 3.16. The molecule has 1 fully saturated rings. The monoisotopic (exact) mass is 402 g/mol. The van der Waals surface area contributed by atoms with Gasteiger partial charge in [0.2, 0.25) is 5.95 Å². The van der Waals surface area contributed by atoms with Crippen LogP contribution >= 0.6 is 0 Å². The minimum atomic E-state index is 0.502. The smallest absolute Gasteiger partial charge is 0.228 e. The van der Waals surface area contributed by atoms with E-state index < -0.39 is 0 Å². The maximum atomic E-state index is 6.56.